The molecule has 17 heavy (non-hydrogen) atoms. The zero-order valence-corrected chi connectivity index (χ0v) is 9.68. The minimum absolute atomic E-state index is 0.525. The van der Waals surface area contributed by atoms with Gasteiger partial charge in [0.15, 0.2) is 0 Å². The molecule has 4 nitrogen and oxygen atoms in total. The Kier molecular flexibility index (Phi) is 3.45. The first-order chi connectivity index (χ1) is 8.28. The molecule has 0 aliphatic heterocycles. The number of hydrogen-bond acceptors (Lipinski definition) is 4. The standard InChI is InChI=1S/C13H15N3O/c1-17-12-4-2-3-10(7-12)8-15-11-5-6-13(14)16-9-11/h2-7,9,15H,8H2,1H3,(H2,14,16). The summed E-state index contributed by atoms with van der Waals surface area (Å²) in [4.78, 5) is 4.02. The molecule has 88 valence electrons. The number of benzene rings is 1. The number of nitrogens with zero attached hydrogens (tertiary/aromatic N) is 1. The van der Waals surface area contributed by atoms with Crippen molar-refractivity contribution in [2.45, 2.75) is 6.54 Å². The summed E-state index contributed by atoms with van der Waals surface area (Å²) < 4.78 is 5.17. The van der Waals surface area contributed by atoms with Gasteiger partial charge in [0.2, 0.25) is 0 Å². The molecule has 1 aromatic carbocycles. The molecule has 0 spiro atoms. The topological polar surface area (TPSA) is 60.2 Å². The van der Waals surface area contributed by atoms with Crippen LogP contribution in [0, 0.1) is 0 Å². The third-order valence-corrected chi connectivity index (χ3v) is 2.42. The van der Waals surface area contributed by atoms with Crippen molar-refractivity contribution in [3.63, 3.8) is 0 Å². The number of aromatic nitrogens is 1. The lowest BCUT2D eigenvalue weighted by Crippen LogP contribution is -2.00. The van der Waals surface area contributed by atoms with Gasteiger partial charge < -0.3 is 15.8 Å². The van der Waals surface area contributed by atoms with E-state index in [1.165, 1.54) is 0 Å². The van der Waals surface area contributed by atoms with Gasteiger partial charge in [-0.3, -0.25) is 0 Å². The molecule has 1 heterocycles. The SMILES string of the molecule is COc1cccc(CNc2ccc(N)nc2)c1. The maximum Gasteiger partial charge on any atom is 0.123 e. The summed E-state index contributed by atoms with van der Waals surface area (Å²) in [6.45, 7) is 0.725. The van der Waals surface area contributed by atoms with E-state index in [1.807, 2.05) is 30.3 Å². The first-order valence-corrected chi connectivity index (χ1v) is 5.36. The van der Waals surface area contributed by atoms with E-state index >= 15 is 0 Å². The number of methoxy groups -OCH3 is 1. The lowest BCUT2D eigenvalue weighted by atomic mass is 10.2. The van der Waals surface area contributed by atoms with Gasteiger partial charge in [-0.05, 0) is 29.8 Å². The van der Waals surface area contributed by atoms with Crippen LogP contribution in [0.1, 0.15) is 5.56 Å². The number of anilines is 2. The molecule has 4 heteroatoms. The van der Waals surface area contributed by atoms with Crippen molar-refractivity contribution < 1.29 is 4.74 Å². The van der Waals surface area contributed by atoms with Crippen LogP contribution in [0.3, 0.4) is 0 Å². The third-order valence-electron chi connectivity index (χ3n) is 2.42. The first kappa shape index (κ1) is 11.3. The summed E-state index contributed by atoms with van der Waals surface area (Å²) in [6.07, 6.45) is 1.72. The van der Waals surface area contributed by atoms with Gasteiger partial charge in [-0.15, -0.1) is 0 Å². The van der Waals surface area contributed by atoms with E-state index < -0.39 is 0 Å². The van der Waals surface area contributed by atoms with Crippen LogP contribution < -0.4 is 15.8 Å². The van der Waals surface area contributed by atoms with Crippen LogP contribution in [-0.2, 0) is 6.54 Å². The third kappa shape index (κ3) is 3.11. The molecule has 0 aliphatic rings. The highest BCUT2D eigenvalue weighted by atomic mass is 16.5. The maximum atomic E-state index is 5.52. The highest BCUT2D eigenvalue weighted by Crippen LogP contribution is 2.14. The summed E-state index contributed by atoms with van der Waals surface area (Å²) in [6, 6.07) is 11.6. The fourth-order valence-corrected chi connectivity index (χ4v) is 1.50. The molecule has 0 fully saturated rings. The fraction of sp³-hybridized carbons (Fsp3) is 0.154. The second-order valence-electron chi connectivity index (χ2n) is 3.68. The average molecular weight is 229 g/mol. The minimum atomic E-state index is 0.525. The zero-order valence-electron chi connectivity index (χ0n) is 9.68. The van der Waals surface area contributed by atoms with Crippen molar-refractivity contribution in [3.05, 3.63) is 48.2 Å². The summed E-state index contributed by atoms with van der Waals surface area (Å²) in [7, 11) is 1.66. The van der Waals surface area contributed by atoms with Gasteiger partial charge in [0.05, 0.1) is 19.0 Å². The second-order valence-corrected chi connectivity index (χ2v) is 3.68. The van der Waals surface area contributed by atoms with E-state index in [4.69, 9.17) is 10.5 Å². The van der Waals surface area contributed by atoms with Crippen molar-refractivity contribution in [2.24, 2.45) is 0 Å². The molecular weight excluding hydrogens is 214 g/mol. The normalized spacial score (nSPS) is 9.94. The van der Waals surface area contributed by atoms with Crippen molar-refractivity contribution in [2.75, 3.05) is 18.2 Å². The Morgan fingerprint density at radius 2 is 2.18 bits per heavy atom. The van der Waals surface area contributed by atoms with E-state index in [9.17, 15) is 0 Å². The van der Waals surface area contributed by atoms with Crippen LogP contribution in [0.2, 0.25) is 0 Å². The van der Waals surface area contributed by atoms with Crippen LogP contribution in [0.4, 0.5) is 11.5 Å². The van der Waals surface area contributed by atoms with Crippen molar-refractivity contribution in [3.8, 4) is 5.75 Å². The second kappa shape index (κ2) is 5.21. The predicted molar refractivity (Wildman–Crippen MR) is 69.0 cm³/mol. The van der Waals surface area contributed by atoms with Gasteiger partial charge in [-0.1, -0.05) is 12.1 Å². The molecule has 0 atom stereocenters. The van der Waals surface area contributed by atoms with Crippen LogP contribution >= 0.6 is 0 Å². The van der Waals surface area contributed by atoms with Gasteiger partial charge in [0.1, 0.15) is 11.6 Å². The average Bonchev–Trinajstić information content (AvgIpc) is 2.38. The van der Waals surface area contributed by atoms with Crippen LogP contribution in [0.5, 0.6) is 5.75 Å². The smallest absolute Gasteiger partial charge is 0.123 e. The molecule has 0 unspecified atom stereocenters. The predicted octanol–water partition coefficient (Wildman–Crippen LogP) is 2.28. The van der Waals surface area contributed by atoms with Crippen molar-refractivity contribution in [1.29, 1.82) is 0 Å². The number of pyridine rings is 1. The molecule has 1 aromatic heterocycles. The maximum absolute atomic E-state index is 5.52. The molecule has 0 bridgehead atoms. The quantitative estimate of drug-likeness (QED) is 0.844. The highest BCUT2D eigenvalue weighted by molar-refractivity contribution is 5.46. The number of nitrogens with one attached hydrogen (secondary N) is 1. The lowest BCUT2D eigenvalue weighted by molar-refractivity contribution is 0.414. The Balaban J connectivity index is 1.99. The highest BCUT2D eigenvalue weighted by Gasteiger charge is 1.96. The van der Waals surface area contributed by atoms with Crippen LogP contribution in [0.15, 0.2) is 42.6 Å². The zero-order chi connectivity index (χ0) is 12.1. The lowest BCUT2D eigenvalue weighted by Gasteiger charge is -2.07. The van der Waals surface area contributed by atoms with Gasteiger partial charge in [-0.25, -0.2) is 4.98 Å². The molecule has 0 saturated heterocycles. The number of ether oxygens (including phenoxy) is 1. The van der Waals surface area contributed by atoms with E-state index in [0.29, 0.717) is 5.82 Å². The Morgan fingerprint density at radius 1 is 1.29 bits per heavy atom. The van der Waals surface area contributed by atoms with Crippen LogP contribution in [-0.4, -0.2) is 12.1 Å². The monoisotopic (exact) mass is 229 g/mol. The van der Waals surface area contributed by atoms with Crippen LogP contribution in [0.25, 0.3) is 0 Å². The number of nitrogen functional groups attached to an aromatic ring is 1. The van der Waals surface area contributed by atoms with Crippen molar-refractivity contribution >= 4 is 11.5 Å². The Morgan fingerprint density at radius 3 is 2.88 bits per heavy atom. The van der Waals surface area contributed by atoms with Gasteiger partial charge >= 0.3 is 0 Å². The largest absolute Gasteiger partial charge is 0.497 e. The van der Waals surface area contributed by atoms with E-state index in [-0.39, 0.29) is 0 Å². The van der Waals surface area contributed by atoms with Crippen molar-refractivity contribution in [1.82, 2.24) is 4.98 Å². The molecule has 2 aromatic rings. The summed E-state index contributed by atoms with van der Waals surface area (Å²) in [5.74, 6) is 1.39. The number of rotatable bonds is 4. The van der Waals surface area contributed by atoms with Gasteiger partial charge in [0, 0.05) is 6.54 Å². The first-order valence-electron chi connectivity index (χ1n) is 5.36. The summed E-state index contributed by atoms with van der Waals surface area (Å²) in [5, 5.41) is 3.27. The Bertz CT molecular complexity index is 482. The molecule has 0 radical (unpaired) electrons. The number of hydrogen-bond donors (Lipinski definition) is 2. The summed E-state index contributed by atoms with van der Waals surface area (Å²) in [5.41, 5.74) is 7.62. The molecular formula is C13H15N3O. The molecule has 0 saturated carbocycles. The van der Waals surface area contributed by atoms with Gasteiger partial charge in [-0.2, -0.15) is 0 Å². The Labute approximate surface area is 100 Å². The van der Waals surface area contributed by atoms with E-state index in [2.05, 4.69) is 10.3 Å². The molecule has 0 aliphatic carbocycles. The molecule has 2 rings (SSSR count). The van der Waals surface area contributed by atoms with E-state index in [1.54, 1.807) is 19.4 Å². The fourth-order valence-electron chi connectivity index (χ4n) is 1.50. The summed E-state index contributed by atoms with van der Waals surface area (Å²) >= 11 is 0. The minimum Gasteiger partial charge on any atom is -0.497 e. The van der Waals surface area contributed by atoms with E-state index in [0.717, 1.165) is 23.5 Å². The van der Waals surface area contributed by atoms with Gasteiger partial charge in [0.25, 0.3) is 0 Å². The number of nitrogens with two attached hydrogens (primary N) is 1. The Hall–Kier alpha value is -2.23. The molecule has 3 N–H and O–H groups in total. The molecule has 0 amide bonds.